The fraction of sp³-hybridized carbons (Fsp3) is 0.792. The second kappa shape index (κ2) is 16.3. The van der Waals surface area contributed by atoms with Crippen molar-refractivity contribution in [3.63, 3.8) is 0 Å². The number of nitrogens with one attached hydrogen (secondary N) is 1. The van der Waals surface area contributed by atoms with Crippen LogP contribution >= 0.6 is 0 Å². The van der Waals surface area contributed by atoms with Gasteiger partial charge < -0.3 is 5.32 Å². The molecule has 0 saturated heterocycles. The second-order valence-corrected chi connectivity index (χ2v) is 21.9. The molecule has 0 amide bonds. The van der Waals surface area contributed by atoms with Crippen LogP contribution < -0.4 is 13.6 Å². The summed E-state index contributed by atoms with van der Waals surface area (Å²) in [5, 5.41) is 3.31. The Bertz CT molecular complexity index is 510. The number of rotatable bonds is 13. The summed E-state index contributed by atoms with van der Waals surface area (Å²) in [5.41, 5.74) is 0. The number of hydrogen-bond acceptors (Lipinski definition) is 3. The van der Waals surface area contributed by atoms with Gasteiger partial charge in [-0.1, -0.05) is 27.7 Å². The van der Waals surface area contributed by atoms with Gasteiger partial charge in [0.1, 0.15) is 0 Å². The molecule has 1 rings (SSSR count). The number of ether oxygens (including phenoxy) is 1. The first kappa shape index (κ1) is 28.6. The normalized spacial score (nSPS) is 11.6. The Kier molecular flexibility index (Phi) is 16.1. The number of methoxy groups -OCH3 is 1. The zero-order chi connectivity index (χ0) is 22.3. The summed E-state index contributed by atoms with van der Waals surface area (Å²) in [6.45, 7) is 15.3. The maximum absolute atomic E-state index is 14.6. The van der Waals surface area contributed by atoms with Gasteiger partial charge in [0.15, 0.2) is 0 Å². The Morgan fingerprint density at radius 2 is 1.38 bits per heavy atom. The average Bonchev–Trinajstić information content (AvgIpc) is 2.68. The molecule has 5 heteroatoms. The molecule has 0 radical (unpaired) electrons. The molecule has 1 N–H and O–H groups in total. The fourth-order valence-electron chi connectivity index (χ4n) is 3.93. The number of unbranched alkanes of at least 4 members (excludes halogenated alkanes) is 3. The SMILES string of the molecule is CC(C)NC(C)C.CCC[CH2][Sn]([CH2]CCC)([CH2]CCC)[c]1cc(OC)ncc1F. The third-order valence-electron chi connectivity index (χ3n) is 5.30. The molecule has 0 saturated carbocycles. The van der Waals surface area contributed by atoms with E-state index in [9.17, 15) is 4.39 Å². The summed E-state index contributed by atoms with van der Waals surface area (Å²) >= 11 is -2.72. The van der Waals surface area contributed by atoms with E-state index in [1.165, 1.54) is 58.0 Å². The van der Waals surface area contributed by atoms with E-state index in [0.29, 0.717) is 18.0 Å². The summed E-state index contributed by atoms with van der Waals surface area (Å²) in [5.74, 6) is 0.488. The Hall–Kier alpha value is -0.361. The van der Waals surface area contributed by atoms with Crippen molar-refractivity contribution >= 4 is 22.0 Å². The van der Waals surface area contributed by atoms with E-state index in [-0.39, 0.29) is 5.82 Å². The monoisotopic (exact) mass is 518 g/mol. The van der Waals surface area contributed by atoms with Crippen LogP contribution in [0.25, 0.3) is 0 Å². The van der Waals surface area contributed by atoms with Crippen molar-refractivity contribution in [2.45, 2.75) is 112 Å². The van der Waals surface area contributed by atoms with Gasteiger partial charge in [0.05, 0.1) is 0 Å². The van der Waals surface area contributed by atoms with Gasteiger partial charge >= 0.3 is 140 Å². The predicted octanol–water partition coefficient (Wildman–Crippen LogP) is 6.68. The topological polar surface area (TPSA) is 34.1 Å². The number of halogens is 1. The van der Waals surface area contributed by atoms with Gasteiger partial charge in [-0.3, -0.25) is 0 Å². The number of hydrogen-bond donors (Lipinski definition) is 1. The molecule has 0 spiro atoms. The van der Waals surface area contributed by atoms with Crippen molar-refractivity contribution in [3.8, 4) is 5.88 Å². The van der Waals surface area contributed by atoms with Gasteiger partial charge in [0.2, 0.25) is 0 Å². The average molecular weight is 517 g/mol. The number of nitrogens with zero attached hydrogens (tertiary/aromatic N) is 1. The van der Waals surface area contributed by atoms with Gasteiger partial charge in [-0.2, -0.15) is 0 Å². The van der Waals surface area contributed by atoms with E-state index in [4.69, 9.17) is 4.74 Å². The molecule has 1 aromatic heterocycles. The molecule has 3 nitrogen and oxygen atoms in total. The molecule has 0 aliphatic carbocycles. The molecular weight excluding hydrogens is 470 g/mol. The van der Waals surface area contributed by atoms with Gasteiger partial charge in [-0.05, 0) is 0 Å². The van der Waals surface area contributed by atoms with Gasteiger partial charge in [0.25, 0.3) is 0 Å². The van der Waals surface area contributed by atoms with Gasteiger partial charge in [0, 0.05) is 12.1 Å². The van der Waals surface area contributed by atoms with E-state index >= 15 is 0 Å². The molecule has 0 aliphatic rings. The minimum absolute atomic E-state index is 0.0834. The Morgan fingerprint density at radius 1 is 0.931 bits per heavy atom. The van der Waals surface area contributed by atoms with Crippen LogP contribution in [0.3, 0.4) is 0 Å². The van der Waals surface area contributed by atoms with E-state index < -0.39 is 18.4 Å². The maximum atomic E-state index is 14.6. The zero-order valence-corrected chi connectivity index (χ0v) is 23.3. The first-order valence-corrected chi connectivity index (χ1v) is 19.2. The molecule has 0 aromatic carbocycles. The molecule has 29 heavy (non-hydrogen) atoms. The van der Waals surface area contributed by atoms with Crippen LogP contribution in [0.4, 0.5) is 4.39 Å². The fourth-order valence-corrected chi connectivity index (χ4v) is 20.1. The zero-order valence-electron chi connectivity index (χ0n) is 20.4. The van der Waals surface area contributed by atoms with Crippen LogP contribution in [0, 0.1) is 5.82 Å². The summed E-state index contributed by atoms with van der Waals surface area (Å²) in [4.78, 5) is 4.05. The van der Waals surface area contributed by atoms with E-state index in [1.54, 1.807) is 7.11 Å². The first-order valence-electron chi connectivity index (χ1n) is 11.7. The Labute approximate surface area is 184 Å². The van der Waals surface area contributed by atoms with Crippen LogP contribution in [0.2, 0.25) is 13.3 Å². The molecule has 170 valence electrons. The Morgan fingerprint density at radius 3 is 1.69 bits per heavy atom. The summed E-state index contributed by atoms with van der Waals surface area (Å²) in [6.07, 6.45) is 8.65. The van der Waals surface area contributed by atoms with Crippen molar-refractivity contribution in [3.05, 3.63) is 18.1 Å². The van der Waals surface area contributed by atoms with Gasteiger partial charge in [-0.25, -0.2) is 0 Å². The minimum atomic E-state index is -2.72. The molecule has 0 unspecified atom stereocenters. The van der Waals surface area contributed by atoms with Crippen LogP contribution in [-0.2, 0) is 0 Å². The quantitative estimate of drug-likeness (QED) is 0.297. The third-order valence-corrected chi connectivity index (χ3v) is 20.9. The molecule has 0 fully saturated rings. The summed E-state index contributed by atoms with van der Waals surface area (Å²) < 4.78 is 24.7. The first-order chi connectivity index (χ1) is 13.8. The third kappa shape index (κ3) is 11.6. The van der Waals surface area contributed by atoms with E-state index in [0.717, 1.165) is 3.58 Å². The van der Waals surface area contributed by atoms with E-state index in [2.05, 4.69) is 58.8 Å². The van der Waals surface area contributed by atoms with Gasteiger partial charge in [-0.15, -0.1) is 0 Å². The predicted molar refractivity (Wildman–Crippen MR) is 129 cm³/mol. The molecule has 1 heterocycles. The summed E-state index contributed by atoms with van der Waals surface area (Å²) in [7, 11) is 1.62. The van der Waals surface area contributed by atoms with Crippen molar-refractivity contribution in [2.24, 2.45) is 0 Å². The Balaban J connectivity index is 0.000000956. The molecular formula is C24H47FN2OSn. The molecule has 1 aromatic rings. The molecule has 0 bridgehead atoms. The summed E-state index contributed by atoms with van der Waals surface area (Å²) in [6, 6.07) is 3.17. The van der Waals surface area contributed by atoms with Crippen LogP contribution in [0.5, 0.6) is 5.88 Å². The van der Waals surface area contributed by atoms with Crippen molar-refractivity contribution in [1.82, 2.24) is 10.3 Å². The van der Waals surface area contributed by atoms with Crippen LogP contribution in [-0.4, -0.2) is 42.6 Å². The van der Waals surface area contributed by atoms with Crippen molar-refractivity contribution in [2.75, 3.05) is 7.11 Å². The number of aromatic nitrogens is 1. The van der Waals surface area contributed by atoms with Crippen molar-refractivity contribution in [1.29, 1.82) is 0 Å². The molecule has 0 atom stereocenters. The van der Waals surface area contributed by atoms with E-state index in [1.807, 2.05) is 6.07 Å². The van der Waals surface area contributed by atoms with Crippen LogP contribution in [0.1, 0.15) is 87.0 Å². The second-order valence-electron chi connectivity index (χ2n) is 8.77. The standard InChI is InChI=1S/C6H5FNO.C6H15N.3C4H9.Sn/c1-9-6-3-2-5(7)4-8-6;1-5(2)7-6(3)4;3*1-3-4-2;/h3-4H,1H3;5-7H,1-4H3;3*1,3-4H2,2H3;. The van der Waals surface area contributed by atoms with Crippen LogP contribution in [0.15, 0.2) is 12.3 Å². The molecule has 0 aliphatic heterocycles. The van der Waals surface area contributed by atoms with Crippen molar-refractivity contribution < 1.29 is 9.13 Å². The number of pyridine rings is 1.